The lowest BCUT2D eigenvalue weighted by molar-refractivity contribution is -0.115. The SMILES string of the molecule is O=C(Cc1ccccc1Cl)Nc1ccc(C#CCO)cc1. The van der Waals surface area contributed by atoms with Gasteiger partial charge in [0.2, 0.25) is 5.91 Å². The van der Waals surface area contributed by atoms with Gasteiger partial charge in [-0.05, 0) is 35.9 Å². The Morgan fingerprint density at radius 1 is 1.14 bits per heavy atom. The number of hydrogen-bond donors (Lipinski definition) is 2. The number of rotatable bonds is 3. The van der Waals surface area contributed by atoms with E-state index in [-0.39, 0.29) is 18.9 Å². The Balaban J connectivity index is 1.98. The molecule has 106 valence electrons. The van der Waals surface area contributed by atoms with Crippen molar-refractivity contribution in [3.63, 3.8) is 0 Å². The highest BCUT2D eigenvalue weighted by molar-refractivity contribution is 6.31. The summed E-state index contributed by atoms with van der Waals surface area (Å²) in [6.45, 7) is -0.170. The first kappa shape index (κ1) is 15.1. The minimum absolute atomic E-state index is 0.128. The molecule has 1 amide bonds. The van der Waals surface area contributed by atoms with Crippen LogP contribution in [0.15, 0.2) is 48.5 Å². The van der Waals surface area contributed by atoms with E-state index >= 15 is 0 Å². The van der Waals surface area contributed by atoms with Crippen LogP contribution in [0.2, 0.25) is 5.02 Å². The third-order valence-corrected chi connectivity index (χ3v) is 3.16. The number of carbonyl (C=O) groups excluding carboxylic acids is 1. The summed E-state index contributed by atoms with van der Waals surface area (Å²) in [4.78, 5) is 12.0. The smallest absolute Gasteiger partial charge is 0.228 e. The summed E-state index contributed by atoms with van der Waals surface area (Å²) in [5.41, 5.74) is 2.27. The molecule has 0 saturated carbocycles. The number of hydrogen-bond acceptors (Lipinski definition) is 2. The van der Waals surface area contributed by atoms with Gasteiger partial charge in [-0.2, -0.15) is 0 Å². The molecule has 4 heteroatoms. The second-order valence-electron chi connectivity index (χ2n) is 4.35. The maximum absolute atomic E-state index is 12.0. The molecule has 0 heterocycles. The number of amides is 1. The lowest BCUT2D eigenvalue weighted by atomic mass is 10.1. The number of aliphatic hydroxyl groups excluding tert-OH is 1. The summed E-state index contributed by atoms with van der Waals surface area (Å²) >= 11 is 6.02. The van der Waals surface area contributed by atoms with Crippen molar-refractivity contribution in [1.29, 1.82) is 0 Å². The highest BCUT2D eigenvalue weighted by Gasteiger charge is 2.06. The molecule has 2 aromatic rings. The first-order valence-corrected chi connectivity index (χ1v) is 6.80. The molecule has 0 aliphatic carbocycles. The number of aliphatic hydroxyl groups is 1. The van der Waals surface area contributed by atoms with Gasteiger partial charge in [0.25, 0.3) is 0 Å². The topological polar surface area (TPSA) is 49.3 Å². The van der Waals surface area contributed by atoms with Crippen LogP contribution in [-0.4, -0.2) is 17.6 Å². The van der Waals surface area contributed by atoms with Crippen molar-refractivity contribution >= 4 is 23.2 Å². The van der Waals surface area contributed by atoms with Gasteiger partial charge in [0.05, 0.1) is 6.42 Å². The van der Waals surface area contributed by atoms with Crippen LogP contribution < -0.4 is 5.32 Å². The molecule has 0 aromatic heterocycles. The van der Waals surface area contributed by atoms with Crippen LogP contribution in [0.25, 0.3) is 0 Å². The minimum Gasteiger partial charge on any atom is -0.384 e. The van der Waals surface area contributed by atoms with Gasteiger partial charge in [0.1, 0.15) is 6.61 Å². The fourth-order valence-electron chi connectivity index (χ4n) is 1.80. The van der Waals surface area contributed by atoms with Crippen LogP contribution in [0, 0.1) is 11.8 Å². The average molecular weight is 300 g/mol. The van der Waals surface area contributed by atoms with Crippen molar-refractivity contribution in [2.45, 2.75) is 6.42 Å². The molecule has 0 aliphatic heterocycles. The Labute approximate surface area is 128 Å². The van der Waals surface area contributed by atoms with E-state index in [0.29, 0.717) is 10.7 Å². The molecule has 0 bridgehead atoms. The molecule has 2 rings (SSSR count). The fraction of sp³-hybridized carbons (Fsp3) is 0.118. The quantitative estimate of drug-likeness (QED) is 0.856. The summed E-state index contributed by atoms with van der Waals surface area (Å²) in [6, 6.07) is 14.4. The Morgan fingerprint density at radius 3 is 2.52 bits per heavy atom. The predicted molar refractivity (Wildman–Crippen MR) is 84.2 cm³/mol. The van der Waals surface area contributed by atoms with Gasteiger partial charge in [-0.15, -0.1) is 0 Å². The zero-order valence-corrected chi connectivity index (χ0v) is 12.0. The van der Waals surface area contributed by atoms with Crippen LogP contribution in [0.4, 0.5) is 5.69 Å². The summed E-state index contributed by atoms with van der Waals surface area (Å²) in [5, 5.41) is 12.0. The van der Waals surface area contributed by atoms with Crippen molar-refractivity contribution in [2.24, 2.45) is 0 Å². The molecule has 0 atom stereocenters. The van der Waals surface area contributed by atoms with Gasteiger partial charge in [-0.1, -0.05) is 41.6 Å². The number of benzene rings is 2. The van der Waals surface area contributed by atoms with Gasteiger partial charge in [-0.3, -0.25) is 4.79 Å². The average Bonchev–Trinajstić information content (AvgIpc) is 2.49. The van der Waals surface area contributed by atoms with E-state index in [1.54, 1.807) is 30.3 Å². The summed E-state index contributed by atoms with van der Waals surface area (Å²) in [7, 11) is 0. The van der Waals surface area contributed by atoms with E-state index in [1.807, 2.05) is 18.2 Å². The van der Waals surface area contributed by atoms with E-state index in [9.17, 15) is 4.79 Å². The first-order chi connectivity index (χ1) is 10.2. The van der Waals surface area contributed by atoms with E-state index in [0.717, 1.165) is 11.1 Å². The standard InChI is InChI=1S/C17H14ClNO2/c18-16-6-2-1-5-14(16)12-17(21)19-15-9-7-13(8-10-15)4-3-11-20/h1-2,5-10,20H,11-12H2,(H,19,21). The Kier molecular flexibility index (Phi) is 5.39. The lowest BCUT2D eigenvalue weighted by Gasteiger charge is -2.06. The molecule has 0 fully saturated rings. The van der Waals surface area contributed by atoms with E-state index in [1.165, 1.54) is 0 Å². The zero-order valence-electron chi connectivity index (χ0n) is 11.3. The molecule has 0 aliphatic rings. The molecular formula is C17H14ClNO2. The molecule has 0 spiro atoms. The van der Waals surface area contributed by atoms with Gasteiger partial charge >= 0.3 is 0 Å². The van der Waals surface area contributed by atoms with E-state index < -0.39 is 0 Å². The maximum atomic E-state index is 12.0. The van der Waals surface area contributed by atoms with Crippen molar-refractivity contribution in [1.82, 2.24) is 0 Å². The Hall–Kier alpha value is -2.28. The third kappa shape index (κ3) is 4.64. The summed E-state index contributed by atoms with van der Waals surface area (Å²) in [5.74, 6) is 5.23. The molecular weight excluding hydrogens is 286 g/mol. The molecule has 2 N–H and O–H groups in total. The second kappa shape index (κ2) is 7.49. The van der Waals surface area contributed by atoms with Gasteiger partial charge in [0, 0.05) is 16.3 Å². The van der Waals surface area contributed by atoms with Crippen molar-refractivity contribution in [2.75, 3.05) is 11.9 Å². The number of nitrogens with one attached hydrogen (secondary N) is 1. The maximum Gasteiger partial charge on any atom is 0.228 e. The Morgan fingerprint density at radius 2 is 1.86 bits per heavy atom. The van der Waals surface area contributed by atoms with Crippen molar-refractivity contribution < 1.29 is 9.90 Å². The third-order valence-electron chi connectivity index (χ3n) is 2.79. The van der Waals surface area contributed by atoms with Crippen molar-refractivity contribution in [3.05, 3.63) is 64.7 Å². The number of anilines is 1. The van der Waals surface area contributed by atoms with Crippen LogP contribution in [0.1, 0.15) is 11.1 Å². The molecule has 3 nitrogen and oxygen atoms in total. The molecule has 0 saturated heterocycles. The second-order valence-corrected chi connectivity index (χ2v) is 4.76. The number of halogens is 1. The van der Waals surface area contributed by atoms with Crippen molar-refractivity contribution in [3.8, 4) is 11.8 Å². The van der Waals surface area contributed by atoms with E-state index in [4.69, 9.17) is 16.7 Å². The first-order valence-electron chi connectivity index (χ1n) is 6.42. The highest BCUT2D eigenvalue weighted by Crippen LogP contribution is 2.16. The molecule has 0 radical (unpaired) electrons. The van der Waals surface area contributed by atoms with Gasteiger partial charge in [-0.25, -0.2) is 0 Å². The fourth-order valence-corrected chi connectivity index (χ4v) is 2.00. The normalized spacial score (nSPS) is 9.62. The van der Waals surface area contributed by atoms with Crippen LogP contribution in [0.5, 0.6) is 0 Å². The molecule has 21 heavy (non-hydrogen) atoms. The molecule has 2 aromatic carbocycles. The Bertz CT molecular complexity index is 684. The zero-order chi connectivity index (χ0) is 15.1. The highest BCUT2D eigenvalue weighted by atomic mass is 35.5. The predicted octanol–water partition coefficient (Wildman–Crippen LogP) is 2.87. The minimum atomic E-state index is -0.170. The van der Waals surface area contributed by atoms with Crippen LogP contribution >= 0.6 is 11.6 Å². The number of carbonyl (C=O) groups is 1. The summed E-state index contributed by atoms with van der Waals surface area (Å²) in [6.07, 6.45) is 0.228. The van der Waals surface area contributed by atoms with Crippen LogP contribution in [0.3, 0.4) is 0 Å². The van der Waals surface area contributed by atoms with Gasteiger partial charge < -0.3 is 10.4 Å². The van der Waals surface area contributed by atoms with Gasteiger partial charge in [0.15, 0.2) is 0 Å². The monoisotopic (exact) mass is 299 g/mol. The van der Waals surface area contributed by atoms with E-state index in [2.05, 4.69) is 17.2 Å². The summed E-state index contributed by atoms with van der Waals surface area (Å²) < 4.78 is 0. The largest absolute Gasteiger partial charge is 0.384 e. The van der Waals surface area contributed by atoms with Crippen LogP contribution in [-0.2, 0) is 11.2 Å². The lowest BCUT2D eigenvalue weighted by Crippen LogP contribution is -2.14. The molecule has 0 unspecified atom stereocenters.